The van der Waals surface area contributed by atoms with Gasteiger partial charge in [0.2, 0.25) is 0 Å². The fourth-order valence-corrected chi connectivity index (χ4v) is 3.68. The van der Waals surface area contributed by atoms with Gasteiger partial charge in [-0.1, -0.05) is 38.8 Å². The minimum Gasteiger partial charge on any atom is -0.325 e. The van der Waals surface area contributed by atoms with E-state index in [0.29, 0.717) is 16.9 Å². The van der Waals surface area contributed by atoms with Crippen LogP contribution in [0, 0.1) is 17.2 Å². The summed E-state index contributed by atoms with van der Waals surface area (Å²) in [6, 6.07) is 4.55. The van der Waals surface area contributed by atoms with Crippen LogP contribution >= 0.6 is 11.6 Å². The van der Waals surface area contributed by atoms with Gasteiger partial charge in [0.1, 0.15) is 5.82 Å². The molecule has 0 bridgehead atoms. The van der Waals surface area contributed by atoms with Crippen molar-refractivity contribution in [1.29, 1.82) is 0 Å². The number of hydrogen-bond donors (Lipinski definition) is 1. The number of benzene rings is 1. The molecule has 21 heavy (non-hydrogen) atoms. The van der Waals surface area contributed by atoms with Crippen molar-refractivity contribution >= 4 is 11.6 Å². The molecule has 2 N–H and O–H groups in total. The maximum absolute atomic E-state index is 13.4. The molecule has 0 saturated heterocycles. The molecule has 0 aliphatic heterocycles. The molecule has 2 rings (SSSR count). The zero-order chi connectivity index (χ0) is 15.7. The lowest BCUT2D eigenvalue weighted by atomic mass is 9.65. The zero-order valence-electron chi connectivity index (χ0n) is 13.4. The standard InChI is InChI=1S/C18H27ClFN/c1-4-17(2,3)14-7-9-18(21,10-8-14)12-13-11-15(20)5-6-16(13)19/h5-6,11,14H,4,7-10,12,21H2,1-3H3. The maximum atomic E-state index is 13.4. The van der Waals surface area contributed by atoms with Gasteiger partial charge in [0.25, 0.3) is 0 Å². The van der Waals surface area contributed by atoms with Gasteiger partial charge < -0.3 is 5.73 Å². The van der Waals surface area contributed by atoms with Crippen molar-refractivity contribution in [3.63, 3.8) is 0 Å². The first-order valence-electron chi connectivity index (χ1n) is 7.98. The first-order valence-corrected chi connectivity index (χ1v) is 8.36. The van der Waals surface area contributed by atoms with Gasteiger partial charge >= 0.3 is 0 Å². The van der Waals surface area contributed by atoms with Crippen LogP contribution in [-0.4, -0.2) is 5.54 Å². The fourth-order valence-electron chi connectivity index (χ4n) is 3.50. The van der Waals surface area contributed by atoms with E-state index >= 15 is 0 Å². The molecule has 0 amide bonds. The molecule has 3 heteroatoms. The number of halogens is 2. The average Bonchev–Trinajstić information content (AvgIpc) is 2.43. The van der Waals surface area contributed by atoms with E-state index in [4.69, 9.17) is 17.3 Å². The molecule has 1 nitrogen and oxygen atoms in total. The Labute approximate surface area is 133 Å². The summed E-state index contributed by atoms with van der Waals surface area (Å²) in [6.07, 6.45) is 6.17. The van der Waals surface area contributed by atoms with Crippen LogP contribution in [0.4, 0.5) is 4.39 Å². The summed E-state index contributed by atoms with van der Waals surface area (Å²) in [4.78, 5) is 0. The molecular weight excluding hydrogens is 285 g/mol. The molecular formula is C18H27ClFN. The van der Waals surface area contributed by atoms with Gasteiger partial charge in [-0.25, -0.2) is 4.39 Å². The predicted molar refractivity (Wildman–Crippen MR) is 88.1 cm³/mol. The average molecular weight is 312 g/mol. The van der Waals surface area contributed by atoms with Crippen LogP contribution in [0.15, 0.2) is 18.2 Å². The van der Waals surface area contributed by atoms with Crippen LogP contribution in [0.1, 0.15) is 58.4 Å². The van der Waals surface area contributed by atoms with E-state index < -0.39 is 0 Å². The summed E-state index contributed by atoms with van der Waals surface area (Å²) in [5.41, 5.74) is 7.56. The number of hydrogen-bond acceptors (Lipinski definition) is 1. The molecule has 1 aromatic carbocycles. The molecule has 118 valence electrons. The van der Waals surface area contributed by atoms with Crippen LogP contribution in [0.5, 0.6) is 0 Å². The van der Waals surface area contributed by atoms with Crippen molar-refractivity contribution in [3.05, 3.63) is 34.6 Å². The second-order valence-electron chi connectivity index (χ2n) is 7.39. The van der Waals surface area contributed by atoms with Crippen molar-refractivity contribution in [2.45, 2.75) is 64.8 Å². The topological polar surface area (TPSA) is 26.0 Å². The Hall–Kier alpha value is -0.600. The summed E-state index contributed by atoms with van der Waals surface area (Å²) in [6.45, 7) is 6.96. The van der Waals surface area contributed by atoms with Crippen molar-refractivity contribution in [3.8, 4) is 0 Å². The number of nitrogens with two attached hydrogens (primary N) is 1. The summed E-state index contributed by atoms with van der Waals surface area (Å²) >= 11 is 6.18. The highest BCUT2D eigenvalue weighted by Gasteiger charge is 2.37. The van der Waals surface area contributed by atoms with Crippen molar-refractivity contribution in [2.75, 3.05) is 0 Å². The summed E-state index contributed by atoms with van der Waals surface area (Å²) in [5.74, 6) is 0.501. The Morgan fingerprint density at radius 2 is 1.95 bits per heavy atom. The van der Waals surface area contributed by atoms with Crippen LogP contribution in [0.2, 0.25) is 5.02 Å². The quantitative estimate of drug-likeness (QED) is 0.797. The van der Waals surface area contributed by atoms with E-state index in [1.165, 1.54) is 18.6 Å². The Bertz CT molecular complexity index is 490. The molecule has 1 aliphatic carbocycles. The Balaban J connectivity index is 2.04. The van der Waals surface area contributed by atoms with Gasteiger partial charge in [0, 0.05) is 10.6 Å². The molecule has 1 saturated carbocycles. The molecule has 0 unspecified atom stereocenters. The minimum atomic E-state index is -0.238. The van der Waals surface area contributed by atoms with Gasteiger partial charge in [0.15, 0.2) is 0 Å². The van der Waals surface area contributed by atoms with Gasteiger partial charge in [-0.15, -0.1) is 0 Å². The SMILES string of the molecule is CCC(C)(C)C1CCC(N)(Cc2cc(F)ccc2Cl)CC1. The third kappa shape index (κ3) is 3.98. The Morgan fingerprint density at radius 3 is 2.52 bits per heavy atom. The van der Waals surface area contributed by atoms with E-state index in [1.54, 1.807) is 6.07 Å². The van der Waals surface area contributed by atoms with Crippen LogP contribution in [0.25, 0.3) is 0 Å². The maximum Gasteiger partial charge on any atom is 0.123 e. The van der Waals surface area contributed by atoms with Crippen molar-refractivity contribution in [1.82, 2.24) is 0 Å². The van der Waals surface area contributed by atoms with Gasteiger partial charge in [0.05, 0.1) is 0 Å². The van der Waals surface area contributed by atoms with Gasteiger partial charge in [-0.2, -0.15) is 0 Å². The minimum absolute atomic E-state index is 0.237. The largest absolute Gasteiger partial charge is 0.325 e. The first kappa shape index (κ1) is 16.8. The van der Waals surface area contributed by atoms with Crippen molar-refractivity contribution in [2.24, 2.45) is 17.1 Å². The van der Waals surface area contributed by atoms with Crippen molar-refractivity contribution < 1.29 is 4.39 Å². The molecule has 1 fully saturated rings. The highest BCUT2D eigenvalue weighted by molar-refractivity contribution is 6.31. The summed E-state index contributed by atoms with van der Waals surface area (Å²) in [7, 11) is 0. The number of rotatable bonds is 4. The highest BCUT2D eigenvalue weighted by atomic mass is 35.5. The zero-order valence-corrected chi connectivity index (χ0v) is 14.1. The third-order valence-electron chi connectivity index (χ3n) is 5.55. The smallest absolute Gasteiger partial charge is 0.123 e. The van der Waals surface area contributed by atoms with Gasteiger partial charge in [-0.05, 0) is 67.2 Å². The summed E-state index contributed by atoms with van der Waals surface area (Å²) in [5, 5.41) is 0.622. The molecule has 0 heterocycles. The lowest BCUT2D eigenvalue weighted by Gasteiger charge is -2.43. The van der Waals surface area contributed by atoms with Crippen LogP contribution in [-0.2, 0) is 6.42 Å². The van der Waals surface area contributed by atoms with E-state index in [-0.39, 0.29) is 11.4 Å². The molecule has 0 spiro atoms. The summed E-state index contributed by atoms with van der Waals surface area (Å²) < 4.78 is 13.4. The monoisotopic (exact) mass is 311 g/mol. The van der Waals surface area contributed by atoms with E-state index in [9.17, 15) is 4.39 Å². The second-order valence-corrected chi connectivity index (χ2v) is 7.80. The lowest BCUT2D eigenvalue weighted by Crippen LogP contribution is -2.47. The van der Waals surface area contributed by atoms with E-state index in [2.05, 4.69) is 20.8 Å². The highest BCUT2D eigenvalue weighted by Crippen LogP contribution is 2.43. The molecule has 0 atom stereocenters. The normalized spacial score (nSPS) is 26.9. The second kappa shape index (κ2) is 6.26. The molecule has 1 aromatic rings. The molecule has 1 aliphatic rings. The molecule has 0 aromatic heterocycles. The Morgan fingerprint density at radius 1 is 1.33 bits per heavy atom. The lowest BCUT2D eigenvalue weighted by molar-refractivity contribution is 0.115. The van der Waals surface area contributed by atoms with E-state index in [1.807, 2.05) is 0 Å². The van der Waals surface area contributed by atoms with Crippen LogP contribution in [0.3, 0.4) is 0 Å². The van der Waals surface area contributed by atoms with Crippen LogP contribution < -0.4 is 5.73 Å². The van der Waals surface area contributed by atoms with Gasteiger partial charge in [-0.3, -0.25) is 0 Å². The van der Waals surface area contributed by atoms with E-state index in [0.717, 1.165) is 37.2 Å². The Kier molecular flexibility index (Phi) is 4.99. The molecule has 0 radical (unpaired) electrons. The third-order valence-corrected chi connectivity index (χ3v) is 5.92. The first-order chi connectivity index (χ1) is 9.76. The predicted octanol–water partition coefficient (Wildman–Crippen LogP) is 5.35. The fraction of sp³-hybridized carbons (Fsp3) is 0.667.